The third-order valence-electron chi connectivity index (χ3n) is 5.59. The highest BCUT2D eigenvalue weighted by Crippen LogP contribution is 2.32. The molecule has 0 aliphatic heterocycles. The molecule has 1 unspecified atom stereocenters. The number of ether oxygens (including phenoxy) is 1. The third-order valence-corrected chi connectivity index (χ3v) is 5.59. The van der Waals surface area contributed by atoms with Crippen LogP contribution in [0.3, 0.4) is 0 Å². The molecular formula is C22H36IN3O2. The summed E-state index contributed by atoms with van der Waals surface area (Å²) in [6.07, 6.45) is 8.35. The Morgan fingerprint density at radius 1 is 1.18 bits per heavy atom. The van der Waals surface area contributed by atoms with E-state index in [0.717, 1.165) is 64.2 Å². The van der Waals surface area contributed by atoms with E-state index in [1.807, 2.05) is 0 Å². The van der Waals surface area contributed by atoms with Gasteiger partial charge in [0.15, 0.2) is 5.96 Å². The summed E-state index contributed by atoms with van der Waals surface area (Å²) in [7, 11) is 0. The Bertz CT molecular complexity index is 603. The van der Waals surface area contributed by atoms with Crippen molar-refractivity contribution in [3.8, 4) is 0 Å². The molecule has 3 N–H and O–H groups in total. The molecule has 5 nitrogen and oxygen atoms in total. The molecule has 1 aromatic carbocycles. The van der Waals surface area contributed by atoms with E-state index < -0.39 is 0 Å². The van der Waals surface area contributed by atoms with Gasteiger partial charge >= 0.3 is 0 Å². The molecule has 28 heavy (non-hydrogen) atoms. The first-order valence-electron chi connectivity index (χ1n) is 10.7. The first-order chi connectivity index (χ1) is 13.3. The van der Waals surface area contributed by atoms with E-state index in [4.69, 9.17) is 9.73 Å². The van der Waals surface area contributed by atoms with Crippen LogP contribution in [0.15, 0.2) is 29.3 Å². The first kappa shape index (κ1) is 23.4. The fraction of sp³-hybridized carbons (Fsp3) is 0.682. The van der Waals surface area contributed by atoms with Crippen molar-refractivity contribution in [3.63, 3.8) is 0 Å². The highest BCUT2D eigenvalue weighted by molar-refractivity contribution is 14.0. The summed E-state index contributed by atoms with van der Waals surface area (Å²) in [6, 6.07) is 9.10. The quantitative estimate of drug-likeness (QED) is 0.229. The van der Waals surface area contributed by atoms with Crippen LogP contribution < -0.4 is 10.6 Å². The van der Waals surface area contributed by atoms with Crippen LogP contribution in [-0.2, 0) is 11.2 Å². The van der Waals surface area contributed by atoms with E-state index in [1.54, 1.807) is 0 Å². The van der Waals surface area contributed by atoms with Crippen molar-refractivity contribution >= 4 is 29.9 Å². The summed E-state index contributed by atoms with van der Waals surface area (Å²) in [4.78, 5) is 4.71. The van der Waals surface area contributed by atoms with Crippen molar-refractivity contribution in [2.45, 2.75) is 76.5 Å². The Balaban J connectivity index is 0.00000280. The van der Waals surface area contributed by atoms with Crippen molar-refractivity contribution in [1.29, 1.82) is 0 Å². The van der Waals surface area contributed by atoms with Crippen LogP contribution >= 0.6 is 24.0 Å². The number of nitrogens with zero attached hydrogens (tertiary/aromatic N) is 1. The third kappa shape index (κ3) is 7.19. The summed E-state index contributed by atoms with van der Waals surface area (Å²) in [6.45, 7) is 4.46. The maximum atomic E-state index is 9.65. The molecule has 0 bridgehead atoms. The van der Waals surface area contributed by atoms with Gasteiger partial charge in [-0.05, 0) is 69.4 Å². The number of aryl methyl sites for hydroxylation is 1. The van der Waals surface area contributed by atoms with Gasteiger partial charge in [-0.2, -0.15) is 0 Å². The number of hydrogen-bond acceptors (Lipinski definition) is 3. The number of aliphatic hydroxyl groups excluding tert-OH is 1. The minimum Gasteiger partial charge on any atom is -0.393 e. The van der Waals surface area contributed by atoms with Crippen LogP contribution in [0.25, 0.3) is 0 Å². The smallest absolute Gasteiger partial charge is 0.191 e. The van der Waals surface area contributed by atoms with E-state index in [2.05, 4.69) is 41.8 Å². The van der Waals surface area contributed by atoms with E-state index in [-0.39, 0.29) is 36.2 Å². The minimum atomic E-state index is -0.121. The first-order valence-corrected chi connectivity index (χ1v) is 10.7. The van der Waals surface area contributed by atoms with Crippen molar-refractivity contribution in [2.75, 3.05) is 19.7 Å². The average molecular weight is 501 g/mol. The monoisotopic (exact) mass is 501 g/mol. The summed E-state index contributed by atoms with van der Waals surface area (Å²) in [5.41, 5.74) is 2.82. The maximum absolute atomic E-state index is 9.65. The Kier molecular flexibility index (Phi) is 10.6. The zero-order valence-corrected chi connectivity index (χ0v) is 19.4. The van der Waals surface area contributed by atoms with Gasteiger partial charge in [0, 0.05) is 25.7 Å². The molecule has 0 aromatic heterocycles. The van der Waals surface area contributed by atoms with E-state index in [1.165, 1.54) is 24.0 Å². The van der Waals surface area contributed by atoms with Gasteiger partial charge in [-0.25, -0.2) is 0 Å². The molecule has 1 saturated carbocycles. The summed E-state index contributed by atoms with van der Waals surface area (Å²) in [5, 5.41) is 16.5. The molecule has 1 fully saturated rings. The summed E-state index contributed by atoms with van der Waals surface area (Å²) < 4.78 is 6.18. The minimum absolute atomic E-state index is 0. The molecule has 0 saturated heterocycles. The van der Waals surface area contributed by atoms with Gasteiger partial charge in [0.05, 0.1) is 12.2 Å². The van der Waals surface area contributed by atoms with Crippen LogP contribution in [0.2, 0.25) is 0 Å². The largest absolute Gasteiger partial charge is 0.393 e. The lowest BCUT2D eigenvalue weighted by molar-refractivity contribution is 0.0402. The highest BCUT2D eigenvalue weighted by atomic mass is 127. The Morgan fingerprint density at radius 2 is 1.96 bits per heavy atom. The molecular weight excluding hydrogens is 465 g/mol. The van der Waals surface area contributed by atoms with Crippen LogP contribution in [-0.4, -0.2) is 42.9 Å². The van der Waals surface area contributed by atoms with Crippen molar-refractivity contribution in [3.05, 3.63) is 35.4 Å². The number of fused-ring (bicyclic) bond motifs is 1. The number of aliphatic hydroxyl groups is 1. The Labute approximate surface area is 186 Å². The standard InChI is InChI=1S/C22H35N3O2.HI/c1-2-23-22(25-18-11-13-19(26)14-12-18)24-15-6-16-27-21-10-5-8-17-7-3-4-9-20(17)21;/h3-4,7,9,18-19,21,26H,2,5-6,8,10-16H2,1H3,(H2,23,24,25);1H. The van der Waals surface area contributed by atoms with Crippen LogP contribution in [0.1, 0.15) is 69.1 Å². The molecule has 1 aromatic rings. The van der Waals surface area contributed by atoms with Gasteiger partial charge in [-0.1, -0.05) is 24.3 Å². The number of halogens is 1. The van der Waals surface area contributed by atoms with Gasteiger partial charge in [0.1, 0.15) is 0 Å². The fourth-order valence-electron chi connectivity index (χ4n) is 4.10. The van der Waals surface area contributed by atoms with Crippen molar-refractivity contribution in [2.24, 2.45) is 4.99 Å². The second-order valence-electron chi connectivity index (χ2n) is 7.71. The molecule has 3 rings (SSSR count). The van der Waals surface area contributed by atoms with E-state index >= 15 is 0 Å². The SMILES string of the molecule is CCNC(=NCCCOC1CCCc2ccccc21)NC1CCC(O)CC1.I. The lowest BCUT2D eigenvalue weighted by Crippen LogP contribution is -2.45. The van der Waals surface area contributed by atoms with E-state index in [0.29, 0.717) is 6.04 Å². The Morgan fingerprint density at radius 3 is 2.75 bits per heavy atom. The molecule has 0 heterocycles. The summed E-state index contributed by atoms with van der Waals surface area (Å²) in [5.74, 6) is 0.891. The molecule has 2 aliphatic rings. The lowest BCUT2D eigenvalue weighted by Gasteiger charge is -2.27. The number of aliphatic imine (C=N–C) groups is 1. The normalized spacial score (nSPS) is 24.8. The molecule has 0 amide bonds. The number of hydrogen-bond donors (Lipinski definition) is 3. The predicted molar refractivity (Wildman–Crippen MR) is 125 cm³/mol. The topological polar surface area (TPSA) is 65.9 Å². The number of rotatable bonds is 7. The van der Waals surface area contributed by atoms with Crippen molar-refractivity contribution in [1.82, 2.24) is 10.6 Å². The highest BCUT2D eigenvalue weighted by Gasteiger charge is 2.21. The lowest BCUT2D eigenvalue weighted by atomic mass is 9.89. The summed E-state index contributed by atoms with van der Waals surface area (Å²) >= 11 is 0. The zero-order chi connectivity index (χ0) is 18.9. The molecule has 0 spiro atoms. The number of benzene rings is 1. The van der Waals surface area contributed by atoms with Gasteiger partial charge in [0.25, 0.3) is 0 Å². The van der Waals surface area contributed by atoms with Gasteiger partial charge in [0.2, 0.25) is 0 Å². The van der Waals surface area contributed by atoms with Crippen LogP contribution in [0, 0.1) is 0 Å². The fourth-order valence-corrected chi connectivity index (χ4v) is 4.10. The number of guanidine groups is 1. The van der Waals surface area contributed by atoms with Crippen LogP contribution in [0.5, 0.6) is 0 Å². The second-order valence-corrected chi connectivity index (χ2v) is 7.71. The van der Waals surface area contributed by atoms with Gasteiger partial charge < -0.3 is 20.5 Å². The molecule has 1 atom stereocenters. The zero-order valence-electron chi connectivity index (χ0n) is 17.0. The molecule has 2 aliphatic carbocycles. The van der Waals surface area contributed by atoms with E-state index in [9.17, 15) is 5.11 Å². The molecule has 6 heteroatoms. The van der Waals surface area contributed by atoms with Gasteiger partial charge in [-0.3, -0.25) is 4.99 Å². The maximum Gasteiger partial charge on any atom is 0.191 e. The predicted octanol–water partition coefficient (Wildman–Crippen LogP) is 3.95. The second kappa shape index (κ2) is 12.6. The van der Waals surface area contributed by atoms with Crippen molar-refractivity contribution < 1.29 is 9.84 Å². The number of nitrogens with one attached hydrogen (secondary N) is 2. The van der Waals surface area contributed by atoms with Gasteiger partial charge in [-0.15, -0.1) is 24.0 Å². The molecule has 0 radical (unpaired) electrons. The Hall–Kier alpha value is -0.860. The van der Waals surface area contributed by atoms with Crippen LogP contribution in [0.4, 0.5) is 0 Å². The molecule has 158 valence electrons. The average Bonchev–Trinajstić information content (AvgIpc) is 2.69.